The molecule has 1 fully saturated rings. The van der Waals surface area contributed by atoms with E-state index < -0.39 is 0 Å². The number of carbonyl (C=O) groups is 1. The molecule has 70 valence electrons. The minimum atomic E-state index is 0. The molecule has 4 heteroatoms. The highest BCUT2D eigenvalue weighted by atomic mass is 35.5. The number of hydrogen-bond donors (Lipinski definition) is 2. The van der Waals surface area contributed by atoms with Gasteiger partial charge in [-0.15, -0.1) is 19.0 Å². The van der Waals surface area contributed by atoms with Crippen LogP contribution in [0, 0.1) is 0 Å². The van der Waals surface area contributed by atoms with E-state index in [1.807, 2.05) is 0 Å². The van der Waals surface area contributed by atoms with Gasteiger partial charge in [-0.3, -0.25) is 4.79 Å². The van der Waals surface area contributed by atoms with Gasteiger partial charge >= 0.3 is 0 Å². The molecule has 0 spiro atoms. The molecule has 0 radical (unpaired) electrons. The molecular weight excluding hydrogens is 176 g/mol. The number of rotatable bonds is 3. The molecule has 1 amide bonds. The largest absolute Gasteiger partial charge is 0.351 e. The quantitative estimate of drug-likeness (QED) is 0.635. The van der Waals surface area contributed by atoms with Gasteiger partial charge < -0.3 is 10.6 Å². The van der Waals surface area contributed by atoms with Crippen LogP contribution in [0.3, 0.4) is 0 Å². The summed E-state index contributed by atoms with van der Waals surface area (Å²) >= 11 is 0. The first-order chi connectivity index (χ1) is 5.34. The Morgan fingerprint density at radius 2 is 2.50 bits per heavy atom. The maximum absolute atomic E-state index is 11.2. The molecule has 12 heavy (non-hydrogen) atoms. The van der Waals surface area contributed by atoms with Crippen molar-refractivity contribution in [1.82, 2.24) is 10.6 Å². The van der Waals surface area contributed by atoms with Crippen LogP contribution in [0.25, 0.3) is 0 Å². The molecule has 0 aromatic rings. The summed E-state index contributed by atoms with van der Waals surface area (Å²) in [6.07, 6.45) is 3.75. The van der Waals surface area contributed by atoms with E-state index in [0.29, 0.717) is 6.54 Å². The zero-order valence-corrected chi connectivity index (χ0v) is 7.82. The molecule has 0 bridgehead atoms. The van der Waals surface area contributed by atoms with Crippen molar-refractivity contribution in [3.8, 4) is 0 Å². The van der Waals surface area contributed by atoms with Crippen molar-refractivity contribution in [3.05, 3.63) is 12.7 Å². The number of halogens is 1. The summed E-state index contributed by atoms with van der Waals surface area (Å²) < 4.78 is 0. The van der Waals surface area contributed by atoms with Gasteiger partial charge in [-0.25, -0.2) is 0 Å². The van der Waals surface area contributed by atoms with Gasteiger partial charge in [0.1, 0.15) is 0 Å². The van der Waals surface area contributed by atoms with Crippen LogP contribution in [-0.4, -0.2) is 25.0 Å². The number of carbonyl (C=O) groups excluding carboxylic acids is 1. The summed E-state index contributed by atoms with van der Waals surface area (Å²) in [5, 5.41) is 5.87. The molecule has 0 aromatic heterocycles. The second kappa shape index (κ2) is 6.03. The highest BCUT2D eigenvalue weighted by Crippen LogP contribution is 2.03. The van der Waals surface area contributed by atoms with Crippen molar-refractivity contribution in [2.75, 3.05) is 13.1 Å². The first kappa shape index (κ1) is 11.5. The van der Waals surface area contributed by atoms with E-state index in [0.717, 1.165) is 19.4 Å². The second-order valence-corrected chi connectivity index (χ2v) is 2.68. The van der Waals surface area contributed by atoms with Crippen molar-refractivity contribution >= 4 is 18.3 Å². The second-order valence-electron chi connectivity index (χ2n) is 2.68. The van der Waals surface area contributed by atoms with Gasteiger partial charge in [0.05, 0.1) is 6.04 Å². The van der Waals surface area contributed by atoms with Crippen LogP contribution < -0.4 is 10.6 Å². The Labute approximate surface area is 79.0 Å². The topological polar surface area (TPSA) is 41.1 Å². The van der Waals surface area contributed by atoms with E-state index in [1.54, 1.807) is 6.08 Å². The molecule has 1 rings (SSSR count). The summed E-state index contributed by atoms with van der Waals surface area (Å²) in [4.78, 5) is 11.2. The van der Waals surface area contributed by atoms with Crippen LogP contribution in [0.5, 0.6) is 0 Å². The highest BCUT2D eigenvalue weighted by molar-refractivity contribution is 5.85. The molecule has 0 aliphatic carbocycles. The van der Waals surface area contributed by atoms with Crippen LogP contribution in [0.4, 0.5) is 0 Å². The first-order valence-electron chi connectivity index (χ1n) is 3.96. The van der Waals surface area contributed by atoms with E-state index >= 15 is 0 Å². The molecule has 1 atom stereocenters. The van der Waals surface area contributed by atoms with Crippen LogP contribution in [0.1, 0.15) is 12.8 Å². The fourth-order valence-corrected chi connectivity index (χ4v) is 1.20. The lowest BCUT2D eigenvalue weighted by Gasteiger charge is -2.08. The van der Waals surface area contributed by atoms with Crippen LogP contribution in [-0.2, 0) is 4.79 Å². The van der Waals surface area contributed by atoms with Gasteiger partial charge in [0, 0.05) is 6.54 Å². The fraction of sp³-hybridized carbons (Fsp3) is 0.625. The average Bonchev–Trinajstić information content (AvgIpc) is 2.52. The Morgan fingerprint density at radius 3 is 3.00 bits per heavy atom. The molecule has 3 nitrogen and oxygen atoms in total. The standard InChI is InChI=1S/C8H14N2O.ClH/c1-2-5-10-8(11)7-4-3-6-9-7;/h2,7,9H,1,3-6H2,(H,10,11);1H. The summed E-state index contributed by atoms with van der Waals surface area (Å²) in [6, 6.07) is 0.0370. The summed E-state index contributed by atoms with van der Waals surface area (Å²) in [7, 11) is 0. The monoisotopic (exact) mass is 190 g/mol. The SMILES string of the molecule is C=CCNC(=O)C1CCCN1.Cl. The van der Waals surface area contributed by atoms with E-state index in [-0.39, 0.29) is 24.4 Å². The van der Waals surface area contributed by atoms with Gasteiger partial charge in [0.15, 0.2) is 0 Å². The zero-order chi connectivity index (χ0) is 8.10. The van der Waals surface area contributed by atoms with Crippen LogP contribution >= 0.6 is 12.4 Å². The Morgan fingerprint density at radius 1 is 1.75 bits per heavy atom. The summed E-state index contributed by atoms with van der Waals surface area (Å²) in [5.74, 6) is 0.0994. The molecule has 1 unspecified atom stereocenters. The van der Waals surface area contributed by atoms with Gasteiger partial charge in [-0.2, -0.15) is 0 Å². The average molecular weight is 191 g/mol. The predicted octanol–water partition coefficient (Wildman–Crippen LogP) is 0.462. The summed E-state index contributed by atoms with van der Waals surface area (Å²) in [5.41, 5.74) is 0. The third-order valence-electron chi connectivity index (χ3n) is 1.80. The Bertz CT molecular complexity index is 155. The van der Waals surface area contributed by atoms with Crippen LogP contribution in [0.2, 0.25) is 0 Å². The van der Waals surface area contributed by atoms with Crippen molar-refractivity contribution in [1.29, 1.82) is 0 Å². The van der Waals surface area contributed by atoms with E-state index in [4.69, 9.17) is 0 Å². The Kier molecular flexibility index (Phi) is 5.76. The lowest BCUT2D eigenvalue weighted by Crippen LogP contribution is -2.40. The Hall–Kier alpha value is -0.540. The van der Waals surface area contributed by atoms with Crippen molar-refractivity contribution in [3.63, 3.8) is 0 Å². The van der Waals surface area contributed by atoms with Crippen molar-refractivity contribution < 1.29 is 4.79 Å². The van der Waals surface area contributed by atoms with E-state index in [2.05, 4.69) is 17.2 Å². The maximum Gasteiger partial charge on any atom is 0.237 e. The molecule has 0 aromatic carbocycles. The van der Waals surface area contributed by atoms with Gasteiger partial charge in [0.25, 0.3) is 0 Å². The van der Waals surface area contributed by atoms with E-state index in [9.17, 15) is 4.79 Å². The van der Waals surface area contributed by atoms with Gasteiger partial charge in [0.2, 0.25) is 5.91 Å². The lowest BCUT2D eigenvalue weighted by molar-refractivity contribution is -0.122. The fourth-order valence-electron chi connectivity index (χ4n) is 1.20. The first-order valence-corrected chi connectivity index (χ1v) is 3.96. The third-order valence-corrected chi connectivity index (χ3v) is 1.80. The number of hydrogen-bond acceptors (Lipinski definition) is 2. The highest BCUT2D eigenvalue weighted by Gasteiger charge is 2.20. The molecule has 1 saturated heterocycles. The zero-order valence-electron chi connectivity index (χ0n) is 7.01. The third kappa shape index (κ3) is 3.24. The number of nitrogens with one attached hydrogen (secondary N) is 2. The maximum atomic E-state index is 11.2. The number of amides is 1. The van der Waals surface area contributed by atoms with Crippen molar-refractivity contribution in [2.45, 2.75) is 18.9 Å². The predicted molar refractivity (Wildman–Crippen MR) is 51.5 cm³/mol. The molecule has 0 saturated carbocycles. The minimum Gasteiger partial charge on any atom is -0.351 e. The normalized spacial score (nSPS) is 21.2. The van der Waals surface area contributed by atoms with Crippen molar-refractivity contribution in [2.24, 2.45) is 0 Å². The smallest absolute Gasteiger partial charge is 0.237 e. The summed E-state index contributed by atoms with van der Waals surface area (Å²) in [6.45, 7) is 5.06. The Balaban J connectivity index is 0.00000121. The molecule has 1 heterocycles. The lowest BCUT2D eigenvalue weighted by atomic mass is 10.2. The van der Waals surface area contributed by atoms with Crippen LogP contribution in [0.15, 0.2) is 12.7 Å². The van der Waals surface area contributed by atoms with Gasteiger partial charge in [-0.1, -0.05) is 6.08 Å². The molecular formula is C8H15ClN2O. The molecule has 1 aliphatic heterocycles. The molecule has 2 N–H and O–H groups in total. The molecule has 1 aliphatic rings. The minimum absolute atomic E-state index is 0. The van der Waals surface area contributed by atoms with Gasteiger partial charge in [-0.05, 0) is 19.4 Å². The van der Waals surface area contributed by atoms with E-state index in [1.165, 1.54) is 0 Å².